The fourth-order valence-electron chi connectivity index (χ4n) is 2.10. The van der Waals surface area contributed by atoms with E-state index in [-0.39, 0.29) is 18.9 Å². The lowest BCUT2D eigenvalue weighted by Crippen LogP contribution is -2.26. The molecule has 2 aromatic rings. The van der Waals surface area contributed by atoms with Crippen molar-refractivity contribution < 1.29 is 14.3 Å². The number of hydrazone groups is 1. The molecule has 2 rings (SSSR count). The number of hydrogen-bond donors (Lipinski definition) is 2. The van der Waals surface area contributed by atoms with Gasteiger partial charge >= 0.3 is 0 Å². The second kappa shape index (κ2) is 9.94. The molecule has 0 saturated heterocycles. The number of rotatable bonds is 7. The molecule has 0 radical (unpaired) electrons. The van der Waals surface area contributed by atoms with Crippen molar-refractivity contribution in [3.05, 3.63) is 58.1 Å². The molecule has 0 aliphatic rings. The van der Waals surface area contributed by atoms with Crippen LogP contribution in [0.4, 0.5) is 5.69 Å². The van der Waals surface area contributed by atoms with E-state index in [0.717, 1.165) is 5.56 Å². The highest BCUT2D eigenvalue weighted by Crippen LogP contribution is 2.25. The second-order valence-electron chi connectivity index (χ2n) is 5.84. The normalized spacial score (nSPS) is 11.0. The summed E-state index contributed by atoms with van der Waals surface area (Å²) < 4.78 is 5.38. The number of carbonyl (C=O) groups excluding carboxylic acids is 2. The summed E-state index contributed by atoms with van der Waals surface area (Å²) in [6.07, 6.45) is -0.0120. The zero-order valence-corrected chi connectivity index (χ0v) is 16.4. The zero-order valence-electron chi connectivity index (χ0n) is 14.9. The van der Waals surface area contributed by atoms with Crippen molar-refractivity contribution in [2.75, 3.05) is 11.9 Å². The quantitative estimate of drug-likeness (QED) is 0.532. The van der Waals surface area contributed by atoms with Gasteiger partial charge in [-0.1, -0.05) is 35.3 Å². The van der Waals surface area contributed by atoms with E-state index in [1.807, 2.05) is 25.1 Å². The summed E-state index contributed by atoms with van der Waals surface area (Å²) in [5, 5.41) is 7.38. The number of hydrogen-bond acceptors (Lipinski definition) is 4. The summed E-state index contributed by atoms with van der Waals surface area (Å²) in [4.78, 5) is 23.8. The minimum atomic E-state index is -0.422. The van der Waals surface area contributed by atoms with Crippen LogP contribution in [0, 0.1) is 6.92 Å². The van der Waals surface area contributed by atoms with Gasteiger partial charge in [0.1, 0.15) is 5.75 Å². The SMILES string of the molecule is CC(CC(=O)Nc1cc(Cl)ccc1Cl)=NNC(=O)COc1cccc(C)c1. The molecule has 8 heteroatoms. The van der Waals surface area contributed by atoms with Crippen LogP contribution in [0.15, 0.2) is 47.6 Å². The van der Waals surface area contributed by atoms with Gasteiger partial charge in [0.2, 0.25) is 5.91 Å². The third-order valence-electron chi connectivity index (χ3n) is 3.35. The average molecular weight is 408 g/mol. The van der Waals surface area contributed by atoms with E-state index in [1.54, 1.807) is 31.2 Å². The Labute approximate surface area is 167 Å². The first-order valence-corrected chi connectivity index (χ1v) is 8.85. The van der Waals surface area contributed by atoms with Crippen molar-refractivity contribution in [1.29, 1.82) is 0 Å². The molecule has 27 heavy (non-hydrogen) atoms. The molecule has 0 fully saturated rings. The molecule has 0 atom stereocenters. The maximum atomic E-state index is 12.0. The molecule has 2 amide bonds. The number of aryl methyl sites for hydroxylation is 1. The molecule has 0 saturated carbocycles. The Bertz CT molecular complexity index is 869. The van der Waals surface area contributed by atoms with Crippen LogP contribution in [0.25, 0.3) is 0 Å². The third-order valence-corrected chi connectivity index (χ3v) is 3.91. The van der Waals surface area contributed by atoms with Gasteiger partial charge in [-0.2, -0.15) is 5.10 Å². The smallest absolute Gasteiger partial charge is 0.277 e. The summed E-state index contributed by atoms with van der Waals surface area (Å²) in [7, 11) is 0. The van der Waals surface area contributed by atoms with Gasteiger partial charge in [-0.05, 0) is 49.7 Å². The fourth-order valence-corrected chi connectivity index (χ4v) is 2.44. The number of carbonyl (C=O) groups is 2. The number of halogens is 2. The summed E-state index contributed by atoms with van der Waals surface area (Å²) in [5.74, 6) is -0.150. The monoisotopic (exact) mass is 407 g/mol. The van der Waals surface area contributed by atoms with Gasteiger partial charge < -0.3 is 10.1 Å². The highest BCUT2D eigenvalue weighted by atomic mass is 35.5. The number of anilines is 1. The van der Waals surface area contributed by atoms with Crippen molar-refractivity contribution in [3.8, 4) is 5.75 Å². The van der Waals surface area contributed by atoms with Gasteiger partial charge in [-0.15, -0.1) is 0 Å². The maximum absolute atomic E-state index is 12.0. The lowest BCUT2D eigenvalue weighted by atomic mass is 10.2. The van der Waals surface area contributed by atoms with Crippen LogP contribution in [0.3, 0.4) is 0 Å². The zero-order chi connectivity index (χ0) is 19.8. The predicted octanol–water partition coefficient (Wildman–Crippen LogP) is 4.20. The molecule has 0 heterocycles. The highest BCUT2D eigenvalue weighted by Gasteiger charge is 2.09. The Kier molecular flexibility index (Phi) is 7.64. The summed E-state index contributed by atoms with van der Waals surface area (Å²) in [6, 6.07) is 12.1. The lowest BCUT2D eigenvalue weighted by Gasteiger charge is -2.08. The van der Waals surface area contributed by atoms with Crippen LogP contribution in [-0.2, 0) is 9.59 Å². The van der Waals surface area contributed by atoms with Crippen molar-refractivity contribution in [1.82, 2.24) is 5.43 Å². The molecule has 0 aliphatic heterocycles. The number of nitrogens with one attached hydrogen (secondary N) is 2. The number of nitrogens with zero attached hydrogens (tertiary/aromatic N) is 1. The Morgan fingerprint density at radius 2 is 1.89 bits per heavy atom. The van der Waals surface area contributed by atoms with Gasteiger partial charge in [0.15, 0.2) is 6.61 Å². The number of ether oxygens (including phenoxy) is 1. The Morgan fingerprint density at radius 3 is 2.63 bits per heavy atom. The van der Waals surface area contributed by atoms with Crippen molar-refractivity contribution in [2.24, 2.45) is 5.10 Å². The molecule has 0 unspecified atom stereocenters. The van der Waals surface area contributed by atoms with Crippen molar-refractivity contribution in [2.45, 2.75) is 20.3 Å². The largest absolute Gasteiger partial charge is 0.484 e. The molecular formula is C19H19Cl2N3O3. The molecular weight excluding hydrogens is 389 g/mol. The van der Waals surface area contributed by atoms with Crippen LogP contribution in [0.2, 0.25) is 10.0 Å². The molecule has 2 N–H and O–H groups in total. The first-order valence-electron chi connectivity index (χ1n) is 8.10. The van der Waals surface area contributed by atoms with Crippen molar-refractivity contribution >= 4 is 46.4 Å². The number of amides is 2. The van der Waals surface area contributed by atoms with Crippen LogP contribution in [0.5, 0.6) is 5.75 Å². The van der Waals surface area contributed by atoms with E-state index in [1.165, 1.54) is 0 Å². The third kappa shape index (κ3) is 7.29. The minimum Gasteiger partial charge on any atom is -0.484 e. The molecule has 0 aromatic heterocycles. The second-order valence-corrected chi connectivity index (χ2v) is 6.68. The number of benzene rings is 2. The summed E-state index contributed by atoms with van der Waals surface area (Å²) in [5.41, 5.74) is 4.23. The molecule has 6 nitrogen and oxygen atoms in total. The lowest BCUT2D eigenvalue weighted by molar-refractivity contribution is -0.123. The standard InChI is InChI=1S/C19H19Cl2N3O3/c1-12-4-3-5-15(8-12)27-11-19(26)24-23-13(2)9-18(25)22-17-10-14(20)6-7-16(17)21/h3-8,10H,9,11H2,1-2H3,(H,22,25)(H,24,26). The van der Waals surface area contributed by atoms with E-state index in [0.29, 0.717) is 27.2 Å². The fraction of sp³-hybridized carbons (Fsp3) is 0.211. The van der Waals surface area contributed by atoms with E-state index in [2.05, 4.69) is 15.8 Å². The molecule has 0 spiro atoms. The van der Waals surface area contributed by atoms with Gasteiger partial charge in [-0.25, -0.2) is 5.43 Å². The van der Waals surface area contributed by atoms with Gasteiger partial charge in [0.05, 0.1) is 17.1 Å². The Morgan fingerprint density at radius 1 is 1.11 bits per heavy atom. The first kappa shape index (κ1) is 20.7. The van der Waals surface area contributed by atoms with E-state index in [4.69, 9.17) is 27.9 Å². The van der Waals surface area contributed by atoms with Crippen LogP contribution < -0.4 is 15.5 Å². The summed E-state index contributed by atoms with van der Waals surface area (Å²) >= 11 is 11.9. The molecule has 0 bridgehead atoms. The molecule has 2 aromatic carbocycles. The predicted molar refractivity (Wildman–Crippen MR) is 108 cm³/mol. The molecule has 142 valence electrons. The maximum Gasteiger partial charge on any atom is 0.277 e. The van der Waals surface area contributed by atoms with Gasteiger partial charge in [0.25, 0.3) is 5.91 Å². The Hall–Kier alpha value is -2.57. The van der Waals surface area contributed by atoms with Gasteiger partial charge in [0, 0.05) is 10.7 Å². The van der Waals surface area contributed by atoms with E-state index in [9.17, 15) is 9.59 Å². The molecule has 0 aliphatic carbocycles. The van der Waals surface area contributed by atoms with Crippen LogP contribution in [0.1, 0.15) is 18.9 Å². The van der Waals surface area contributed by atoms with Crippen LogP contribution >= 0.6 is 23.2 Å². The Balaban J connectivity index is 1.79. The average Bonchev–Trinajstić information content (AvgIpc) is 2.61. The van der Waals surface area contributed by atoms with E-state index < -0.39 is 5.91 Å². The first-order chi connectivity index (χ1) is 12.8. The highest BCUT2D eigenvalue weighted by molar-refractivity contribution is 6.35. The van der Waals surface area contributed by atoms with Gasteiger partial charge in [-0.3, -0.25) is 9.59 Å². The summed E-state index contributed by atoms with van der Waals surface area (Å²) in [6.45, 7) is 3.38. The van der Waals surface area contributed by atoms with E-state index >= 15 is 0 Å². The minimum absolute atomic E-state index is 0.0120. The van der Waals surface area contributed by atoms with Crippen molar-refractivity contribution in [3.63, 3.8) is 0 Å². The topological polar surface area (TPSA) is 79.8 Å². The van der Waals surface area contributed by atoms with Crippen LogP contribution in [-0.4, -0.2) is 24.1 Å².